The van der Waals surface area contributed by atoms with Crippen LogP contribution >= 0.6 is 11.3 Å². The van der Waals surface area contributed by atoms with Gasteiger partial charge < -0.3 is 15.1 Å². The van der Waals surface area contributed by atoms with E-state index in [1.807, 2.05) is 17.5 Å². The molecule has 1 saturated heterocycles. The summed E-state index contributed by atoms with van der Waals surface area (Å²) in [5, 5.41) is 7.76. The van der Waals surface area contributed by atoms with E-state index in [1.165, 1.54) is 4.88 Å². The fraction of sp³-hybridized carbons (Fsp3) is 0.500. The van der Waals surface area contributed by atoms with Crippen LogP contribution in [-0.4, -0.2) is 62.7 Å². The lowest BCUT2D eigenvalue weighted by molar-refractivity contribution is 0.312. The van der Waals surface area contributed by atoms with Gasteiger partial charge in [0, 0.05) is 37.1 Å². The molecule has 0 aliphatic carbocycles. The summed E-state index contributed by atoms with van der Waals surface area (Å²) in [6.07, 6.45) is 0. The minimum absolute atomic E-state index is 0.566. The molecule has 0 aromatic carbocycles. The lowest BCUT2D eigenvalue weighted by Crippen LogP contribution is -2.44. The normalized spacial score (nSPS) is 15.9. The zero-order valence-corrected chi connectivity index (χ0v) is 15.8. The highest BCUT2D eigenvalue weighted by Crippen LogP contribution is 2.23. The third-order valence-electron chi connectivity index (χ3n) is 4.54. The molecule has 0 unspecified atom stereocenters. The topological polar surface area (TPSA) is 74.5 Å². The van der Waals surface area contributed by atoms with Crippen molar-refractivity contribution in [2.24, 2.45) is 0 Å². The Labute approximate surface area is 150 Å². The quantitative estimate of drug-likeness (QED) is 0.767. The average Bonchev–Trinajstić information content (AvgIpc) is 3.06. The van der Waals surface area contributed by atoms with Gasteiger partial charge in [-0.3, -0.25) is 0 Å². The lowest BCUT2D eigenvalue weighted by Gasteiger charge is -2.33. The van der Waals surface area contributed by atoms with E-state index in [0.29, 0.717) is 5.95 Å². The number of fused-ring (bicyclic) bond motifs is 1. The molecule has 9 heteroatoms. The van der Waals surface area contributed by atoms with Gasteiger partial charge in [-0.05, 0) is 27.8 Å². The molecule has 0 amide bonds. The maximum Gasteiger partial charge on any atom is 0.249 e. The Morgan fingerprint density at radius 1 is 1.04 bits per heavy atom. The van der Waals surface area contributed by atoms with Gasteiger partial charge in [0.2, 0.25) is 10.9 Å². The number of aromatic nitrogens is 5. The van der Waals surface area contributed by atoms with Crippen LogP contribution in [-0.2, 0) is 0 Å². The first kappa shape index (κ1) is 16.2. The third-order valence-corrected chi connectivity index (χ3v) is 5.59. The number of nitrogens with one attached hydrogen (secondary N) is 1. The number of hydrogen-bond acceptors (Lipinski definition) is 8. The van der Waals surface area contributed by atoms with Crippen LogP contribution < -0.4 is 10.2 Å². The maximum absolute atomic E-state index is 4.59. The predicted molar refractivity (Wildman–Crippen MR) is 100 cm³/mol. The van der Waals surface area contributed by atoms with E-state index in [2.05, 4.69) is 56.1 Å². The highest BCUT2D eigenvalue weighted by Gasteiger charge is 2.17. The molecule has 4 heterocycles. The number of anilines is 3. The molecule has 0 bridgehead atoms. The first-order chi connectivity index (χ1) is 12.0. The largest absolute Gasteiger partial charge is 0.354 e. The number of hydrogen-bond donors (Lipinski definition) is 1. The standard InChI is InChI=1S/C16H22N8S/c1-10-11(2)25-16-20-15(21-24(10)16)19-13-9-14(18-12(3)17-13)23-7-5-22(4)6-8-23/h9H,5-8H2,1-4H3,(H,17,18,19,21). The van der Waals surface area contributed by atoms with E-state index in [1.54, 1.807) is 11.3 Å². The lowest BCUT2D eigenvalue weighted by atomic mass is 10.3. The van der Waals surface area contributed by atoms with Crippen molar-refractivity contribution in [1.29, 1.82) is 0 Å². The molecule has 4 rings (SSSR count). The van der Waals surface area contributed by atoms with Crippen molar-refractivity contribution in [3.63, 3.8) is 0 Å². The van der Waals surface area contributed by atoms with Gasteiger partial charge in [-0.2, -0.15) is 4.98 Å². The molecular weight excluding hydrogens is 336 g/mol. The fourth-order valence-electron chi connectivity index (χ4n) is 2.92. The summed E-state index contributed by atoms with van der Waals surface area (Å²) in [4.78, 5) is 20.4. The molecule has 8 nitrogen and oxygen atoms in total. The van der Waals surface area contributed by atoms with Crippen LogP contribution in [0.4, 0.5) is 17.6 Å². The SMILES string of the molecule is Cc1nc(Nc2nc3sc(C)c(C)n3n2)cc(N2CCN(C)CC2)n1. The zero-order chi connectivity index (χ0) is 17.6. The second-order valence-corrected chi connectivity index (χ2v) is 7.63. The second-order valence-electron chi connectivity index (χ2n) is 6.45. The molecule has 3 aromatic rings. The molecule has 0 radical (unpaired) electrons. The van der Waals surface area contributed by atoms with E-state index in [9.17, 15) is 0 Å². The molecule has 3 aromatic heterocycles. The first-order valence-corrected chi connectivity index (χ1v) is 9.20. The summed E-state index contributed by atoms with van der Waals surface area (Å²) >= 11 is 1.64. The van der Waals surface area contributed by atoms with Crippen molar-refractivity contribution in [2.75, 3.05) is 43.4 Å². The third kappa shape index (κ3) is 3.16. The van der Waals surface area contributed by atoms with Gasteiger partial charge in [0.05, 0.1) is 5.69 Å². The Balaban J connectivity index is 1.59. The van der Waals surface area contributed by atoms with E-state index in [0.717, 1.165) is 54.3 Å². The second kappa shape index (κ2) is 6.23. The molecule has 0 spiro atoms. The van der Waals surface area contributed by atoms with Gasteiger partial charge >= 0.3 is 0 Å². The molecule has 132 valence electrons. The van der Waals surface area contributed by atoms with E-state index >= 15 is 0 Å². The molecule has 1 aliphatic heterocycles. The summed E-state index contributed by atoms with van der Waals surface area (Å²) in [6.45, 7) is 10.1. The Bertz CT molecular complexity index is 906. The average molecular weight is 358 g/mol. The van der Waals surface area contributed by atoms with E-state index < -0.39 is 0 Å². The summed E-state index contributed by atoms with van der Waals surface area (Å²) in [5.41, 5.74) is 1.12. The number of rotatable bonds is 3. The Kier molecular flexibility index (Phi) is 4.04. The summed E-state index contributed by atoms with van der Waals surface area (Å²) in [5.74, 6) is 2.99. The minimum Gasteiger partial charge on any atom is -0.354 e. The van der Waals surface area contributed by atoms with Gasteiger partial charge in [-0.1, -0.05) is 11.3 Å². The number of aryl methyl sites for hydroxylation is 3. The summed E-state index contributed by atoms with van der Waals surface area (Å²) in [6, 6.07) is 1.98. The molecule has 0 saturated carbocycles. The minimum atomic E-state index is 0.566. The van der Waals surface area contributed by atoms with Crippen molar-refractivity contribution >= 4 is 33.9 Å². The Morgan fingerprint density at radius 2 is 1.80 bits per heavy atom. The van der Waals surface area contributed by atoms with Gasteiger partial charge in [0.25, 0.3) is 0 Å². The highest BCUT2D eigenvalue weighted by atomic mass is 32.1. The monoisotopic (exact) mass is 358 g/mol. The molecule has 25 heavy (non-hydrogen) atoms. The zero-order valence-electron chi connectivity index (χ0n) is 14.9. The molecule has 0 atom stereocenters. The van der Waals surface area contributed by atoms with Crippen molar-refractivity contribution in [3.8, 4) is 0 Å². The highest BCUT2D eigenvalue weighted by molar-refractivity contribution is 7.17. The van der Waals surface area contributed by atoms with Crippen LogP contribution in [0.3, 0.4) is 0 Å². The summed E-state index contributed by atoms with van der Waals surface area (Å²) in [7, 11) is 2.15. The molecule has 1 aliphatic rings. The number of thiazole rings is 1. The van der Waals surface area contributed by atoms with E-state index in [-0.39, 0.29) is 0 Å². The van der Waals surface area contributed by atoms with Crippen LogP contribution in [0, 0.1) is 20.8 Å². The van der Waals surface area contributed by atoms with Crippen molar-refractivity contribution in [3.05, 3.63) is 22.5 Å². The predicted octanol–water partition coefficient (Wildman–Crippen LogP) is 2.00. The number of piperazine rings is 1. The van der Waals surface area contributed by atoms with Crippen molar-refractivity contribution in [1.82, 2.24) is 29.5 Å². The van der Waals surface area contributed by atoms with Gasteiger partial charge in [-0.25, -0.2) is 14.5 Å². The Hall–Kier alpha value is -2.26. The maximum atomic E-state index is 4.59. The van der Waals surface area contributed by atoms with Gasteiger partial charge in [-0.15, -0.1) is 5.10 Å². The Morgan fingerprint density at radius 3 is 2.52 bits per heavy atom. The fourth-order valence-corrected chi connectivity index (χ4v) is 3.83. The van der Waals surface area contributed by atoms with Gasteiger partial charge in [0.1, 0.15) is 17.5 Å². The van der Waals surface area contributed by atoms with Crippen molar-refractivity contribution < 1.29 is 0 Å². The van der Waals surface area contributed by atoms with Crippen molar-refractivity contribution in [2.45, 2.75) is 20.8 Å². The molecule has 1 fully saturated rings. The first-order valence-electron chi connectivity index (χ1n) is 8.38. The van der Waals surface area contributed by atoms with E-state index in [4.69, 9.17) is 0 Å². The van der Waals surface area contributed by atoms with Gasteiger partial charge in [0.15, 0.2) is 0 Å². The summed E-state index contributed by atoms with van der Waals surface area (Å²) < 4.78 is 1.87. The van der Waals surface area contributed by atoms with Crippen LogP contribution in [0.15, 0.2) is 6.07 Å². The molecule has 1 N–H and O–H groups in total. The van der Waals surface area contributed by atoms with Crippen LogP contribution in [0.5, 0.6) is 0 Å². The number of nitrogens with zero attached hydrogens (tertiary/aromatic N) is 7. The van der Waals surface area contributed by atoms with Crippen LogP contribution in [0.1, 0.15) is 16.4 Å². The van der Waals surface area contributed by atoms with Crippen LogP contribution in [0.25, 0.3) is 4.96 Å². The van der Waals surface area contributed by atoms with Crippen LogP contribution in [0.2, 0.25) is 0 Å². The molecular formula is C16H22N8S. The smallest absolute Gasteiger partial charge is 0.249 e. The number of likely N-dealkylation sites (N-methyl/N-ethyl adjacent to an activating group) is 1.